The lowest BCUT2D eigenvalue weighted by atomic mass is 9.98. The molecule has 0 atom stereocenters. The highest BCUT2D eigenvalue weighted by Gasteiger charge is 2.30. The van der Waals surface area contributed by atoms with E-state index < -0.39 is 0 Å². The first-order valence-corrected chi connectivity index (χ1v) is 7.29. The molecule has 1 fully saturated rings. The first kappa shape index (κ1) is 13.3. The van der Waals surface area contributed by atoms with Gasteiger partial charge in [0.05, 0.1) is 5.69 Å². The van der Waals surface area contributed by atoms with Gasteiger partial charge in [-0.15, -0.1) is 0 Å². The molecule has 2 aliphatic rings. The summed E-state index contributed by atoms with van der Waals surface area (Å²) in [5, 5.41) is 0. The number of Topliss-reactive ketones (excluding diaryl/α,β-unsaturated/α-hetero) is 1. The Bertz CT molecular complexity index is 520. The number of anilines is 1. The van der Waals surface area contributed by atoms with Crippen LogP contribution >= 0.6 is 0 Å². The Balaban J connectivity index is 1.90. The van der Waals surface area contributed by atoms with E-state index in [1.165, 1.54) is 0 Å². The van der Waals surface area contributed by atoms with Gasteiger partial charge in [0.2, 0.25) is 5.91 Å². The molecule has 1 amide bonds. The molecule has 2 aliphatic heterocycles. The summed E-state index contributed by atoms with van der Waals surface area (Å²) in [4.78, 5) is 26.6. The smallest absolute Gasteiger partial charge is 0.230 e. The number of carbonyl (C=O) groups is 2. The molecule has 1 saturated heterocycles. The van der Waals surface area contributed by atoms with E-state index in [0.717, 1.165) is 24.9 Å². The maximum Gasteiger partial charge on any atom is 0.230 e. The van der Waals surface area contributed by atoms with Crippen LogP contribution in [0.4, 0.5) is 5.69 Å². The van der Waals surface area contributed by atoms with Crippen molar-refractivity contribution in [3.8, 4) is 0 Å². The van der Waals surface area contributed by atoms with Gasteiger partial charge in [-0.1, -0.05) is 12.1 Å². The zero-order valence-electron chi connectivity index (χ0n) is 11.5. The fourth-order valence-electron chi connectivity index (χ4n) is 2.99. The molecule has 0 radical (unpaired) electrons. The van der Waals surface area contributed by atoms with Crippen LogP contribution in [0.2, 0.25) is 0 Å². The maximum atomic E-state index is 12.7. The standard InChI is InChI=1S/C16H19NO3/c18-15-6-3-9-17(14-5-2-1-4-13(14)15)16(19)12-7-10-20-11-8-12/h1-2,4-5,12H,3,6-11H2. The van der Waals surface area contributed by atoms with Gasteiger partial charge in [-0.05, 0) is 31.4 Å². The second-order valence-corrected chi connectivity index (χ2v) is 5.42. The van der Waals surface area contributed by atoms with Crippen molar-refractivity contribution in [2.45, 2.75) is 25.7 Å². The minimum absolute atomic E-state index is 0.0324. The van der Waals surface area contributed by atoms with Crippen LogP contribution in [0.25, 0.3) is 0 Å². The van der Waals surface area contributed by atoms with Crippen LogP contribution in [0.15, 0.2) is 24.3 Å². The average Bonchev–Trinajstić information content (AvgIpc) is 2.67. The first-order valence-electron chi connectivity index (χ1n) is 7.29. The number of fused-ring (bicyclic) bond motifs is 1. The molecule has 0 unspecified atom stereocenters. The van der Waals surface area contributed by atoms with Crippen molar-refractivity contribution in [3.05, 3.63) is 29.8 Å². The molecule has 4 nitrogen and oxygen atoms in total. The van der Waals surface area contributed by atoms with Crippen molar-refractivity contribution in [1.82, 2.24) is 0 Å². The second kappa shape index (κ2) is 5.75. The predicted octanol–water partition coefficient (Wildman–Crippen LogP) is 2.42. The lowest BCUT2D eigenvalue weighted by Gasteiger charge is -2.29. The Kier molecular flexibility index (Phi) is 3.83. The van der Waals surface area contributed by atoms with Crippen LogP contribution < -0.4 is 4.90 Å². The van der Waals surface area contributed by atoms with Crippen LogP contribution in [0.5, 0.6) is 0 Å². The SMILES string of the molecule is O=C1CCCN(C(=O)C2CCOCC2)c2ccccc21. The van der Waals surface area contributed by atoms with E-state index in [4.69, 9.17) is 4.74 Å². The van der Waals surface area contributed by atoms with Gasteiger partial charge in [-0.3, -0.25) is 9.59 Å². The third-order valence-electron chi connectivity index (χ3n) is 4.12. The summed E-state index contributed by atoms with van der Waals surface area (Å²) in [6, 6.07) is 7.46. The summed E-state index contributed by atoms with van der Waals surface area (Å²) in [5.41, 5.74) is 1.47. The molecule has 0 spiro atoms. The molecule has 106 valence electrons. The molecule has 0 N–H and O–H groups in total. The van der Waals surface area contributed by atoms with E-state index in [2.05, 4.69) is 0 Å². The number of para-hydroxylation sites is 1. The van der Waals surface area contributed by atoms with Crippen molar-refractivity contribution in [2.24, 2.45) is 5.92 Å². The van der Waals surface area contributed by atoms with Crippen LogP contribution in [0.3, 0.4) is 0 Å². The van der Waals surface area contributed by atoms with Crippen molar-refractivity contribution < 1.29 is 14.3 Å². The Morgan fingerprint density at radius 1 is 1.20 bits per heavy atom. The molecule has 0 aliphatic carbocycles. The molecule has 2 heterocycles. The van der Waals surface area contributed by atoms with Crippen molar-refractivity contribution in [3.63, 3.8) is 0 Å². The van der Waals surface area contributed by atoms with Gasteiger partial charge >= 0.3 is 0 Å². The fraction of sp³-hybridized carbons (Fsp3) is 0.500. The molecule has 20 heavy (non-hydrogen) atoms. The molecule has 0 saturated carbocycles. The van der Waals surface area contributed by atoms with Gasteiger partial charge < -0.3 is 9.64 Å². The Morgan fingerprint density at radius 3 is 2.75 bits per heavy atom. The molecule has 1 aromatic rings. The first-order chi connectivity index (χ1) is 9.77. The maximum absolute atomic E-state index is 12.7. The van der Waals surface area contributed by atoms with E-state index in [9.17, 15) is 9.59 Å². The molecule has 3 rings (SSSR count). The number of amides is 1. The largest absolute Gasteiger partial charge is 0.381 e. The van der Waals surface area contributed by atoms with E-state index >= 15 is 0 Å². The zero-order chi connectivity index (χ0) is 13.9. The number of ketones is 1. The van der Waals surface area contributed by atoms with Crippen molar-refractivity contribution in [1.29, 1.82) is 0 Å². The predicted molar refractivity (Wildman–Crippen MR) is 75.9 cm³/mol. The van der Waals surface area contributed by atoms with Crippen molar-refractivity contribution >= 4 is 17.4 Å². The van der Waals surface area contributed by atoms with Gasteiger partial charge in [0.25, 0.3) is 0 Å². The lowest BCUT2D eigenvalue weighted by molar-refractivity contribution is -0.125. The number of hydrogen-bond donors (Lipinski definition) is 0. The highest BCUT2D eigenvalue weighted by molar-refractivity contribution is 6.07. The third-order valence-corrected chi connectivity index (χ3v) is 4.12. The van der Waals surface area contributed by atoms with Gasteiger partial charge in [0.15, 0.2) is 5.78 Å². The number of nitrogens with zero attached hydrogens (tertiary/aromatic N) is 1. The number of carbonyl (C=O) groups excluding carboxylic acids is 2. The van der Waals surface area contributed by atoms with Gasteiger partial charge in [-0.2, -0.15) is 0 Å². The highest BCUT2D eigenvalue weighted by Crippen LogP contribution is 2.29. The van der Waals surface area contributed by atoms with E-state index in [1.54, 1.807) is 0 Å². The molecule has 0 aromatic heterocycles. The quantitative estimate of drug-likeness (QED) is 0.789. The van der Waals surface area contributed by atoms with Crippen LogP contribution in [-0.2, 0) is 9.53 Å². The van der Waals surface area contributed by atoms with E-state index in [0.29, 0.717) is 31.7 Å². The molecule has 1 aromatic carbocycles. The normalized spacial score (nSPS) is 20.4. The lowest BCUT2D eigenvalue weighted by Crippen LogP contribution is -2.39. The van der Waals surface area contributed by atoms with Crippen LogP contribution in [0, 0.1) is 5.92 Å². The van der Waals surface area contributed by atoms with Crippen LogP contribution in [0.1, 0.15) is 36.0 Å². The Hall–Kier alpha value is -1.68. The van der Waals surface area contributed by atoms with Crippen molar-refractivity contribution in [2.75, 3.05) is 24.7 Å². The summed E-state index contributed by atoms with van der Waals surface area (Å²) in [7, 11) is 0. The van der Waals surface area contributed by atoms with Gasteiger partial charge in [0.1, 0.15) is 0 Å². The highest BCUT2D eigenvalue weighted by atomic mass is 16.5. The van der Waals surface area contributed by atoms with Gasteiger partial charge in [0, 0.05) is 37.7 Å². The Morgan fingerprint density at radius 2 is 1.95 bits per heavy atom. The number of benzene rings is 1. The topological polar surface area (TPSA) is 46.6 Å². The van der Waals surface area contributed by atoms with E-state index in [1.807, 2.05) is 29.2 Å². The fourth-order valence-corrected chi connectivity index (χ4v) is 2.99. The summed E-state index contributed by atoms with van der Waals surface area (Å²) >= 11 is 0. The monoisotopic (exact) mass is 273 g/mol. The number of hydrogen-bond acceptors (Lipinski definition) is 3. The summed E-state index contributed by atoms with van der Waals surface area (Å²) in [6.45, 7) is 1.95. The summed E-state index contributed by atoms with van der Waals surface area (Å²) < 4.78 is 5.32. The summed E-state index contributed by atoms with van der Waals surface area (Å²) in [5.74, 6) is 0.323. The second-order valence-electron chi connectivity index (χ2n) is 5.42. The summed E-state index contributed by atoms with van der Waals surface area (Å²) in [6.07, 6.45) is 2.83. The van der Waals surface area contributed by atoms with Gasteiger partial charge in [-0.25, -0.2) is 0 Å². The Labute approximate surface area is 118 Å². The zero-order valence-corrected chi connectivity index (χ0v) is 11.5. The number of rotatable bonds is 1. The minimum Gasteiger partial charge on any atom is -0.381 e. The minimum atomic E-state index is 0.0324. The number of ether oxygens (including phenoxy) is 1. The molecule has 0 bridgehead atoms. The molecular formula is C16H19NO3. The average molecular weight is 273 g/mol. The van der Waals surface area contributed by atoms with E-state index in [-0.39, 0.29) is 17.6 Å². The third kappa shape index (κ3) is 2.48. The molecular weight excluding hydrogens is 254 g/mol. The van der Waals surface area contributed by atoms with Crippen LogP contribution in [-0.4, -0.2) is 31.4 Å². The molecule has 4 heteroatoms.